The Morgan fingerprint density at radius 3 is 2.23 bits per heavy atom. The van der Waals surface area contributed by atoms with E-state index in [0.717, 1.165) is 6.42 Å². The summed E-state index contributed by atoms with van der Waals surface area (Å²) in [5.41, 5.74) is -0.0700. The van der Waals surface area contributed by atoms with Gasteiger partial charge in [0.1, 0.15) is 0 Å². The number of carbonyl (C=O) groups is 1. The Balaban J connectivity index is 2.44. The van der Waals surface area contributed by atoms with Crippen LogP contribution in [0.25, 0.3) is 0 Å². The predicted octanol–water partition coefficient (Wildman–Crippen LogP) is 2.19. The fourth-order valence-corrected chi connectivity index (χ4v) is 1.24. The molecular formula is C11H21NO. The molecule has 1 N–H and O–H groups in total. The van der Waals surface area contributed by atoms with Crippen LogP contribution in [0.2, 0.25) is 0 Å². The SMILES string of the molecule is CC(C)C(C)(C)NC(=O)[C@@H]1C[C@H]1C. The van der Waals surface area contributed by atoms with E-state index < -0.39 is 0 Å². The van der Waals surface area contributed by atoms with E-state index in [0.29, 0.717) is 11.8 Å². The summed E-state index contributed by atoms with van der Waals surface area (Å²) in [6.45, 7) is 10.6. The Hall–Kier alpha value is -0.530. The van der Waals surface area contributed by atoms with Gasteiger partial charge in [0.25, 0.3) is 0 Å². The summed E-state index contributed by atoms with van der Waals surface area (Å²) in [5, 5.41) is 3.11. The van der Waals surface area contributed by atoms with Crippen LogP contribution in [0.5, 0.6) is 0 Å². The molecule has 1 saturated carbocycles. The summed E-state index contributed by atoms with van der Waals surface area (Å²) in [7, 11) is 0. The van der Waals surface area contributed by atoms with Crippen LogP contribution >= 0.6 is 0 Å². The number of hydrogen-bond donors (Lipinski definition) is 1. The molecule has 0 saturated heterocycles. The highest BCUT2D eigenvalue weighted by molar-refractivity contribution is 5.82. The molecule has 2 atom stereocenters. The number of rotatable bonds is 3. The van der Waals surface area contributed by atoms with Crippen molar-refractivity contribution in [2.75, 3.05) is 0 Å². The summed E-state index contributed by atoms with van der Waals surface area (Å²) < 4.78 is 0. The largest absolute Gasteiger partial charge is 0.351 e. The average molecular weight is 183 g/mol. The molecule has 2 nitrogen and oxygen atoms in total. The van der Waals surface area contributed by atoms with Crippen molar-refractivity contribution in [2.45, 2.75) is 46.6 Å². The van der Waals surface area contributed by atoms with Crippen molar-refractivity contribution in [2.24, 2.45) is 17.8 Å². The molecule has 0 aromatic rings. The Bertz CT molecular complexity index is 208. The van der Waals surface area contributed by atoms with Gasteiger partial charge < -0.3 is 5.32 Å². The van der Waals surface area contributed by atoms with E-state index >= 15 is 0 Å². The van der Waals surface area contributed by atoms with Crippen LogP contribution in [0.15, 0.2) is 0 Å². The number of amides is 1. The standard InChI is InChI=1S/C11H21NO/c1-7(2)11(4,5)12-10(13)9-6-8(9)3/h7-9H,6H2,1-5H3,(H,12,13)/t8-,9-/m1/s1. The van der Waals surface area contributed by atoms with Crippen LogP contribution in [0.3, 0.4) is 0 Å². The van der Waals surface area contributed by atoms with Gasteiger partial charge in [0.05, 0.1) is 0 Å². The zero-order valence-electron chi connectivity index (χ0n) is 9.35. The molecule has 0 spiro atoms. The van der Waals surface area contributed by atoms with Crippen molar-refractivity contribution in [3.8, 4) is 0 Å². The van der Waals surface area contributed by atoms with Gasteiger partial charge in [-0.2, -0.15) is 0 Å². The molecule has 0 unspecified atom stereocenters. The van der Waals surface area contributed by atoms with Gasteiger partial charge in [0, 0.05) is 11.5 Å². The molecule has 0 bridgehead atoms. The third kappa shape index (κ3) is 2.45. The maximum atomic E-state index is 11.6. The highest BCUT2D eigenvalue weighted by atomic mass is 16.2. The Morgan fingerprint density at radius 2 is 1.92 bits per heavy atom. The van der Waals surface area contributed by atoms with Gasteiger partial charge >= 0.3 is 0 Å². The van der Waals surface area contributed by atoms with Crippen molar-refractivity contribution in [1.29, 1.82) is 0 Å². The number of carbonyl (C=O) groups excluding carboxylic acids is 1. The van der Waals surface area contributed by atoms with E-state index in [1.807, 2.05) is 0 Å². The summed E-state index contributed by atoms with van der Waals surface area (Å²) in [5.74, 6) is 1.61. The van der Waals surface area contributed by atoms with Gasteiger partial charge in [0.15, 0.2) is 0 Å². The number of nitrogens with one attached hydrogen (secondary N) is 1. The molecule has 1 aliphatic rings. The van der Waals surface area contributed by atoms with Crippen LogP contribution in [0.1, 0.15) is 41.0 Å². The molecule has 2 heteroatoms. The zero-order valence-corrected chi connectivity index (χ0v) is 9.35. The summed E-state index contributed by atoms with van der Waals surface area (Å²) >= 11 is 0. The van der Waals surface area contributed by atoms with Crippen molar-refractivity contribution < 1.29 is 4.79 Å². The number of hydrogen-bond acceptors (Lipinski definition) is 1. The highest BCUT2D eigenvalue weighted by Crippen LogP contribution is 2.38. The lowest BCUT2D eigenvalue weighted by Crippen LogP contribution is -2.48. The summed E-state index contributed by atoms with van der Waals surface area (Å²) in [6.07, 6.45) is 1.07. The van der Waals surface area contributed by atoms with E-state index in [1.54, 1.807) is 0 Å². The van der Waals surface area contributed by atoms with E-state index in [9.17, 15) is 4.79 Å². The Labute approximate surface area is 81.1 Å². The molecule has 1 fully saturated rings. The van der Waals surface area contributed by atoms with Gasteiger partial charge in [-0.25, -0.2) is 0 Å². The van der Waals surface area contributed by atoms with Gasteiger partial charge in [-0.1, -0.05) is 20.8 Å². The predicted molar refractivity (Wildman–Crippen MR) is 54.3 cm³/mol. The second-order valence-electron chi connectivity index (χ2n) is 5.19. The molecule has 1 amide bonds. The highest BCUT2D eigenvalue weighted by Gasteiger charge is 2.41. The van der Waals surface area contributed by atoms with E-state index in [1.165, 1.54) is 0 Å². The first kappa shape index (κ1) is 10.6. The Kier molecular flexibility index (Phi) is 2.69. The first-order valence-electron chi connectivity index (χ1n) is 5.16. The first-order chi connectivity index (χ1) is 5.84. The molecule has 0 aromatic carbocycles. The molecule has 13 heavy (non-hydrogen) atoms. The molecule has 0 radical (unpaired) electrons. The summed E-state index contributed by atoms with van der Waals surface area (Å²) in [4.78, 5) is 11.6. The van der Waals surface area contributed by atoms with Crippen LogP contribution in [-0.2, 0) is 4.79 Å². The minimum absolute atomic E-state index is 0.0700. The molecule has 76 valence electrons. The molecule has 0 aromatic heterocycles. The normalized spacial score (nSPS) is 27.5. The minimum Gasteiger partial charge on any atom is -0.351 e. The summed E-state index contributed by atoms with van der Waals surface area (Å²) in [6, 6.07) is 0. The second kappa shape index (κ2) is 3.32. The van der Waals surface area contributed by atoms with Crippen molar-refractivity contribution in [3.05, 3.63) is 0 Å². The molecule has 0 heterocycles. The fourth-order valence-electron chi connectivity index (χ4n) is 1.24. The molecule has 1 aliphatic carbocycles. The lowest BCUT2D eigenvalue weighted by atomic mass is 9.90. The van der Waals surface area contributed by atoms with Crippen LogP contribution in [0.4, 0.5) is 0 Å². The van der Waals surface area contributed by atoms with E-state index in [-0.39, 0.29) is 17.4 Å². The molecular weight excluding hydrogens is 162 g/mol. The van der Waals surface area contributed by atoms with Crippen molar-refractivity contribution in [1.82, 2.24) is 5.32 Å². The van der Waals surface area contributed by atoms with Crippen molar-refractivity contribution in [3.63, 3.8) is 0 Å². The zero-order chi connectivity index (χ0) is 10.2. The quantitative estimate of drug-likeness (QED) is 0.714. The third-order valence-electron chi connectivity index (χ3n) is 3.33. The fraction of sp³-hybridized carbons (Fsp3) is 0.909. The molecule has 0 aliphatic heterocycles. The third-order valence-corrected chi connectivity index (χ3v) is 3.33. The van der Waals surface area contributed by atoms with Gasteiger partial charge in [-0.05, 0) is 32.1 Å². The monoisotopic (exact) mass is 183 g/mol. The maximum Gasteiger partial charge on any atom is 0.223 e. The first-order valence-corrected chi connectivity index (χ1v) is 5.16. The van der Waals surface area contributed by atoms with Gasteiger partial charge in [-0.3, -0.25) is 4.79 Å². The lowest BCUT2D eigenvalue weighted by Gasteiger charge is -2.30. The van der Waals surface area contributed by atoms with Crippen LogP contribution < -0.4 is 5.32 Å². The van der Waals surface area contributed by atoms with Gasteiger partial charge in [-0.15, -0.1) is 0 Å². The Morgan fingerprint density at radius 1 is 1.46 bits per heavy atom. The lowest BCUT2D eigenvalue weighted by molar-refractivity contribution is -0.124. The van der Waals surface area contributed by atoms with E-state index in [4.69, 9.17) is 0 Å². The topological polar surface area (TPSA) is 29.1 Å². The van der Waals surface area contributed by atoms with Gasteiger partial charge in [0.2, 0.25) is 5.91 Å². The average Bonchev–Trinajstić information content (AvgIpc) is 2.65. The van der Waals surface area contributed by atoms with Crippen LogP contribution in [-0.4, -0.2) is 11.4 Å². The smallest absolute Gasteiger partial charge is 0.223 e. The second-order valence-corrected chi connectivity index (χ2v) is 5.19. The maximum absolute atomic E-state index is 11.6. The van der Waals surface area contributed by atoms with Crippen molar-refractivity contribution >= 4 is 5.91 Å². The van der Waals surface area contributed by atoms with E-state index in [2.05, 4.69) is 39.9 Å². The molecule has 1 rings (SSSR count). The van der Waals surface area contributed by atoms with Crippen LogP contribution in [0, 0.1) is 17.8 Å². The minimum atomic E-state index is -0.0700.